The van der Waals surface area contributed by atoms with Crippen LogP contribution in [0.3, 0.4) is 0 Å². The fourth-order valence-corrected chi connectivity index (χ4v) is 1.95. The Kier molecular flexibility index (Phi) is 5.62. The highest BCUT2D eigenvalue weighted by Gasteiger charge is 2.09. The molecule has 0 aliphatic rings. The zero-order valence-corrected chi connectivity index (χ0v) is 13.7. The van der Waals surface area contributed by atoms with Gasteiger partial charge >= 0.3 is 0 Å². The van der Waals surface area contributed by atoms with Gasteiger partial charge in [-0.1, -0.05) is 0 Å². The van der Waals surface area contributed by atoms with Crippen LogP contribution in [0.2, 0.25) is 0 Å². The molecule has 0 spiro atoms. The van der Waals surface area contributed by atoms with Gasteiger partial charge in [0.15, 0.2) is 11.6 Å². The van der Waals surface area contributed by atoms with Crippen molar-refractivity contribution in [1.82, 2.24) is 15.3 Å². The third-order valence-electron chi connectivity index (χ3n) is 3.17. The van der Waals surface area contributed by atoms with Gasteiger partial charge in [-0.05, 0) is 25.1 Å². The van der Waals surface area contributed by atoms with Crippen molar-refractivity contribution < 1.29 is 13.6 Å². The summed E-state index contributed by atoms with van der Waals surface area (Å²) in [4.78, 5) is 22.3. The van der Waals surface area contributed by atoms with Crippen LogP contribution in [0.25, 0.3) is 0 Å². The third kappa shape index (κ3) is 4.61. The first-order chi connectivity index (χ1) is 11.4. The summed E-state index contributed by atoms with van der Waals surface area (Å²) in [5, 5.41) is 5.62. The molecule has 6 nitrogen and oxygen atoms in total. The van der Waals surface area contributed by atoms with E-state index in [1.165, 1.54) is 6.07 Å². The number of nitrogens with one attached hydrogen (secondary N) is 2. The smallest absolute Gasteiger partial charge is 0.251 e. The number of hydrogen-bond acceptors (Lipinski definition) is 5. The maximum Gasteiger partial charge on any atom is 0.251 e. The van der Waals surface area contributed by atoms with Crippen molar-refractivity contribution in [2.75, 3.05) is 37.4 Å². The summed E-state index contributed by atoms with van der Waals surface area (Å²) < 4.78 is 25.9. The van der Waals surface area contributed by atoms with Gasteiger partial charge in [-0.25, -0.2) is 13.8 Å². The largest absolute Gasteiger partial charge is 0.363 e. The molecule has 0 bridgehead atoms. The first-order valence-electron chi connectivity index (χ1n) is 7.37. The Morgan fingerprint density at radius 1 is 1.12 bits per heavy atom. The number of anilines is 2. The van der Waals surface area contributed by atoms with Crippen molar-refractivity contribution in [3.63, 3.8) is 0 Å². The monoisotopic (exact) mass is 335 g/mol. The molecule has 0 aliphatic heterocycles. The lowest BCUT2D eigenvalue weighted by atomic mass is 10.2. The van der Waals surface area contributed by atoms with E-state index in [1.807, 2.05) is 32.0 Å². The Morgan fingerprint density at radius 2 is 1.88 bits per heavy atom. The van der Waals surface area contributed by atoms with Crippen LogP contribution in [0.1, 0.15) is 16.1 Å². The van der Waals surface area contributed by atoms with E-state index in [4.69, 9.17) is 0 Å². The number of rotatable bonds is 6. The molecule has 1 aromatic heterocycles. The van der Waals surface area contributed by atoms with Crippen LogP contribution in [-0.4, -0.2) is 43.1 Å². The minimum absolute atomic E-state index is 0.0654. The van der Waals surface area contributed by atoms with Crippen molar-refractivity contribution in [2.24, 2.45) is 0 Å². The number of amides is 1. The molecule has 0 saturated heterocycles. The van der Waals surface area contributed by atoms with Crippen LogP contribution in [-0.2, 0) is 0 Å². The molecular formula is C16H19F2N5O. The Bertz CT molecular complexity index is 736. The first kappa shape index (κ1) is 17.6. The maximum atomic E-state index is 13.1. The number of nitrogens with zero attached hydrogens (tertiary/aromatic N) is 3. The molecule has 8 heteroatoms. The van der Waals surface area contributed by atoms with E-state index < -0.39 is 17.5 Å². The highest BCUT2D eigenvalue weighted by molar-refractivity contribution is 5.94. The molecular weight excluding hydrogens is 316 g/mol. The predicted octanol–water partition coefficient (Wildman–Crippen LogP) is 1.97. The third-order valence-corrected chi connectivity index (χ3v) is 3.17. The van der Waals surface area contributed by atoms with Crippen LogP contribution >= 0.6 is 0 Å². The van der Waals surface area contributed by atoms with Crippen LogP contribution in [0.5, 0.6) is 0 Å². The molecule has 2 N–H and O–H groups in total. The van der Waals surface area contributed by atoms with E-state index in [2.05, 4.69) is 20.6 Å². The molecule has 0 atom stereocenters. The Hall–Kier alpha value is -2.77. The fraction of sp³-hybridized carbons (Fsp3) is 0.312. The van der Waals surface area contributed by atoms with Gasteiger partial charge in [-0.3, -0.25) is 4.79 Å². The van der Waals surface area contributed by atoms with Crippen molar-refractivity contribution in [1.29, 1.82) is 0 Å². The van der Waals surface area contributed by atoms with E-state index in [1.54, 1.807) is 0 Å². The topological polar surface area (TPSA) is 70.2 Å². The second-order valence-electron chi connectivity index (χ2n) is 5.40. The lowest BCUT2D eigenvalue weighted by Crippen LogP contribution is -2.29. The molecule has 0 unspecified atom stereocenters. The molecule has 128 valence electrons. The van der Waals surface area contributed by atoms with Crippen molar-refractivity contribution in [3.8, 4) is 0 Å². The summed E-state index contributed by atoms with van der Waals surface area (Å²) in [6.45, 7) is 2.54. The van der Waals surface area contributed by atoms with Gasteiger partial charge in [-0.15, -0.1) is 0 Å². The van der Waals surface area contributed by atoms with E-state index in [-0.39, 0.29) is 12.1 Å². The molecule has 0 saturated carbocycles. The van der Waals surface area contributed by atoms with Gasteiger partial charge in [0.2, 0.25) is 5.95 Å². The summed E-state index contributed by atoms with van der Waals surface area (Å²) in [6, 6.07) is 4.88. The first-order valence-corrected chi connectivity index (χ1v) is 7.37. The molecule has 1 aromatic carbocycles. The zero-order valence-electron chi connectivity index (χ0n) is 13.7. The summed E-state index contributed by atoms with van der Waals surface area (Å²) in [5.41, 5.74) is 0.887. The second kappa shape index (κ2) is 7.67. The molecule has 0 aliphatic carbocycles. The molecule has 1 amide bonds. The molecule has 0 radical (unpaired) electrons. The summed E-state index contributed by atoms with van der Waals surface area (Å²) in [7, 11) is 3.77. The summed E-state index contributed by atoms with van der Waals surface area (Å²) in [6.07, 6.45) is 0. The minimum Gasteiger partial charge on any atom is -0.363 e. The lowest BCUT2D eigenvalue weighted by molar-refractivity contribution is 0.0954. The van der Waals surface area contributed by atoms with Gasteiger partial charge < -0.3 is 15.5 Å². The van der Waals surface area contributed by atoms with Crippen molar-refractivity contribution in [3.05, 3.63) is 47.2 Å². The lowest BCUT2D eigenvalue weighted by Gasteiger charge is -2.14. The van der Waals surface area contributed by atoms with Gasteiger partial charge in [0.25, 0.3) is 5.91 Å². The van der Waals surface area contributed by atoms with Crippen LogP contribution < -0.4 is 15.5 Å². The van der Waals surface area contributed by atoms with E-state index >= 15 is 0 Å². The van der Waals surface area contributed by atoms with Crippen molar-refractivity contribution in [2.45, 2.75) is 6.92 Å². The number of hydrogen-bond donors (Lipinski definition) is 2. The number of carbonyl (C=O) groups excluding carboxylic acids is 1. The summed E-state index contributed by atoms with van der Waals surface area (Å²) >= 11 is 0. The highest BCUT2D eigenvalue weighted by Crippen LogP contribution is 2.11. The zero-order chi connectivity index (χ0) is 17.7. The highest BCUT2D eigenvalue weighted by atomic mass is 19.2. The Labute approximate surface area is 138 Å². The Morgan fingerprint density at radius 3 is 2.54 bits per heavy atom. The van der Waals surface area contributed by atoms with Gasteiger partial charge in [0.05, 0.1) is 0 Å². The van der Waals surface area contributed by atoms with E-state index in [9.17, 15) is 13.6 Å². The molecule has 2 rings (SSSR count). The van der Waals surface area contributed by atoms with Gasteiger partial charge in [-0.2, -0.15) is 4.98 Å². The maximum absolute atomic E-state index is 13.1. The Balaban J connectivity index is 1.86. The minimum atomic E-state index is -1.05. The number of halogens is 2. The van der Waals surface area contributed by atoms with Crippen LogP contribution in [0.15, 0.2) is 24.3 Å². The van der Waals surface area contributed by atoms with E-state index in [0.717, 1.165) is 23.6 Å². The number of benzene rings is 1. The molecule has 1 heterocycles. The number of aromatic nitrogens is 2. The standard InChI is InChI=1S/C16H19F2N5O/c1-10-8-14(23(2)3)22-16(21-10)20-7-6-19-15(24)11-4-5-12(17)13(18)9-11/h4-5,8-9H,6-7H2,1-3H3,(H,19,24)(H,20,21,22). The average molecular weight is 335 g/mol. The fourth-order valence-electron chi connectivity index (χ4n) is 1.95. The summed E-state index contributed by atoms with van der Waals surface area (Å²) in [5.74, 6) is -1.28. The van der Waals surface area contributed by atoms with Crippen molar-refractivity contribution >= 4 is 17.7 Å². The number of carbonyl (C=O) groups is 1. The van der Waals surface area contributed by atoms with Gasteiger partial charge in [0, 0.05) is 44.5 Å². The number of aryl methyl sites for hydroxylation is 1. The molecule has 0 fully saturated rings. The molecule has 2 aromatic rings. The predicted molar refractivity (Wildman–Crippen MR) is 88.3 cm³/mol. The van der Waals surface area contributed by atoms with E-state index in [0.29, 0.717) is 12.5 Å². The quantitative estimate of drug-likeness (QED) is 0.790. The van der Waals surface area contributed by atoms with Crippen LogP contribution in [0.4, 0.5) is 20.5 Å². The SMILES string of the molecule is Cc1cc(N(C)C)nc(NCCNC(=O)c2ccc(F)c(F)c2)n1. The van der Waals surface area contributed by atoms with Crippen LogP contribution in [0, 0.1) is 18.6 Å². The second-order valence-corrected chi connectivity index (χ2v) is 5.40. The molecule has 24 heavy (non-hydrogen) atoms. The average Bonchev–Trinajstić information content (AvgIpc) is 2.53. The normalized spacial score (nSPS) is 10.4. The van der Waals surface area contributed by atoms with Gasteiger partial charge in [0.1, 0.15) is 5.82 Å².